The van der Waals surface area contributed by atoms with Gasteiger partial charge in [0, 0.05) is 11.8 Å². The van der Waals surface area contributed by atoms with Crippen LogP contribution in [-0.2, 0) is 11.3 Å². The summed E-state index contributed by atoms with van der Waals surface area (Å²) in [5.74, 6) is 0.497. The Balaban J connectivity index is 1.42. The van der Waals surface area contributed by atoms with Crippen molar-refractivity contribution < 1.29 is 9.21 Å². The van der Waals surface area contributed by atoms with E-state index in [1.165, 1.54) is 4.68 Å². The van der Waals surface area contributed by atoms with E-state index >= 15 is 0 Å². The number of nitrogens with zero attached hydrogens (tertiary/aromatic N) is 3. The Kier molecular flexibility index (Phi) is 4.42. The molecule has 0 bridgehead atoms. The van der Waals surface area contributed by atoms with Gasteiger partial charge in [0.15, 0.2) is 0 Å². The highest BCUT2D eigenvalue weighted by molar-refractivity contribution is 5.79. The molecule has 4 aromatic rings. The molecule has 0 spiro atoms. The molecule has 2 heterocycles. The molecular weight excluding hydrogens is 344 g/mol. The van der Waals surface area contributed by atoms with E-state index in [-0.39, 0.29) is 30.5 Å². The molecule has 1 N–H and O–H groups in total. The summed E-state index contributed by atoms with van der Waals surface area (Å²) in [5.41, 5.74) is 1.08. The van der Waals surface area contributed by atoms with Crippen LogP contribution in [0, 0.1) is 0 Å². The normalized spacial score (nSPS) is 12.3. The highest BCUT2D eigenvalue weighted by Crippen LogP contribution is 2.23. The minimum Gasteiger partial charge on any atom is -0.459 e. The number of benzene rings is 2. The summed E-state index contributed by atoms with van der Waals surface area (Å²) in [6.45, 7) is 2.02. The second-order valence-corrected chi connectivity index (χ2v) is 6.36. The van der Waals surface area contributed by atoms with E-state index < -0.39 is 0 Å². The quantitative estimate of drug-likeness (QED) is 0.590. The summed E-state index contributed by atoms with van der Waals surface area (Å²) in [6.07, 6.45) is 0.123. The summed E-state index contributed by atoms with van der Waals surface area (Å²) in [6, 6.07) is 16.3. The molecule has 7 heteroatoms. The number of aryl methyl sites for hydroxylation is 1. The summed E-state index contributed by atoms with van der Waals surface area (Å²) < 4.78 is 6.98. The van der Waals surface area contributed by atoms with Crippen LogP contribution in [-0.4, -0.2) is 20.9 Å². The molecule has 0 fully saturated rings. The summed E-state index contributed by atoms with van der Waals surface area (Å²) >= 11 is 0. The number of carbonyl (C=O) groups is 1. The third-order valence-corrected chi connectivity index (χ3v) is 4.43. The molecule has 0 radical (unpaired) electrons. The number of hydrogen-bond donors (Lipinski definition) is 1. The number of aromatic nitrogens is 3. The Morgan fingerprint density at radius 1 is 1.19 bits per heavy atom. The first-order valence-electron chi connectivity index (χ1n) is 8.72. The van der Waals surface area contributed by atoms with Crippen LogP contribution < -0.4 is 10.9 Å². The number of nitrogens with one attached hydrogen (secondary N) is 1. The average Bonchev–Trinajstić information content (AvgIpc) is 3.12. The molecule has 7 nitrogen and oxygen atoms in total. The van der Waals surface area contributed by atoms with Gasteiger partial charge in [-0.25, -0.2) is 4.68 Å². The third kappa shape index (κ3) is 3.44. The van der Waals surface area contributed by atoms with Gasteiger partial charge in [0.25, 0.3) is 5.56 Å². The van der Waals surface area contributed by atoms with Crippen molar-refractivity contribution in [1.29, 1.82) is 0 Å². The maximum absolute atomic E-state index is 12.4. The van der Waals surface area contributed by atoms with E-state index in [1.807, 2.05) is 37.3 Å². The van der Waals surface area contributed by atoms with E-state index in [1.54, 1.807) is 24.3 Å². The molecule has 2 aromatic heterocycles. The van der Waals surface area contributed by atoms with Crippen molar-refractivity contribution >= 4 is 27.8 Å². The summed E-state index contributed by atoms with van der Waals surface area (Å²) in [4.78, 5) is 24.7. The Labute approximate surface area is 154 Å². The Hall–Kier alpha value is -3.48. The molecule has 1 amide bonds. The smallest absolute Gasteiger partial charge is 0.277 e. The lowest BCUT2D eigenvalue weighted by Crippen LogP contribution is -2.30. The van der Waals surface area contributed by atoms with Crippen molar-refractivity contribution in [3.63, 3.8) is 0 Å². The topological polar surface area (TPSA) is 90.0 Å². The predicted octanol–water partition coefficient (Wildman–Crippen LogP) is 2.81. The fraction of sp³-hybridized carbons (Fsp3) is 0.200. The standard InChI is InChI=1S/C20H18N4O3/c1-13(18-12-14-6-2-5-9-17(14)27-18)21-19(25)10-11-24-20(26)15-7-3-4-8-16(15)22-23-24/h2-9,12-13H,10-11H2,1H3,(H,21,25). The van der Waals surface area contributed by atoms with E-state index in [0.29, 0.717) is 16.7 Å². The van der Waals surface area contributed by atoms with E-state index in [2.05, 4.69) is 15.6 Å². The first-order chi connectivity index (χ1) is 13.1. The van der Waals surface area contributed by atoms with Crippen LogP contribution in [0.2, 0.25) is 0 Å². The zero-order valence-electron chi connectivity index (χ0n) is 14.8. The highest BCUT2D eigenvalue weighted by atomic mass is 16.3. The Bertz CT molecular complexity index is 1150. The number of amides is 1. The van der Waals surface area contributed by atoms with E-state index in [0.717, 1.165) is 11.0 Å². The molecule has 0 aliphatic carbocycles. The first-order valence-corrected chi connectivity index (χ1v) is 8.72. The van der Waals surface area contributed by atoms with Crippen LogP contribution in [0.15, 0.2) is 63.8 Å². The molecule has 136 valence electrons. The average molecular weight is 362 g/mol. The number of fused-ring (bicyclic) bond motifs is 2. The molecule has 0 saturated heterocycles. The van der Waals surface area contributed by atoms with E-state index in [4.69, 9.17) is 4.42 Å². The zero-order chi connectivity index (χ0) is 18.8. The molecular formula is C20H18N4O3. The SMILES string of the molecule is CC(NC(=O)CCn1nnc2ccccc2c1=O)c1cc2ccccc2o1. The van der Waals surface area contributed by atoms with Crippen molar-refractivity contribution in [2.24, 2.45) is 0 Å². The van der Waals surface area contributed by atoms with Crippen LogP contribution in [0.25, 0.3) is 21.9 Å². The predicted molar refractivity (Wildman–Crippen MR) is 101 cm³/mol. The van der Waals surface area contributed by atoms with Gasteiger partial charge in [-0.3, -0.25) is 9.59 Å². The van der Waals surface area contributed by atoms with Gasteiger partial charge in [0.2, 0.25) is 5.91 Å². The maximum Gasteiger partial charge on any atom is 0.277 e. The van der Waals surface area contributed by atoms with Gasteiger partial charge in [0.1, 0.15) is 16.9 Å². The molecule has 1 unspecified atom stereocenters. The maximum atomic E-state index is 12.4. The number of hydrogen-bond acceptors (Lipinski definition) is 5. The van der Waals surface area contributed by atoms with Crippen LogP contribution in [0.3, 0.4) is 0 Å². The lowest BCUT2D eigenvalue weighted by molar-refractivity contribution is -0.122. The minimum absolute atomic E-state index is 0.123. The zero-order valence-corrected chi connectivity index (χ0v) is 14.8. The second kappa shape index (κ2) is 7.03. The van der Waals surface area contributed by atoms with Crippen molar-refractivity contribution in [2.45, 2.75) is 25.9 Å². The van der Waals surface area contributed by atoms with Gasteiger partial charge in [-0.05, 0) is 31.2 Å². The van der Waals surface area contributed by atoms with Crippen LogP contribution in [0.5, 0.6) is 0 Å². The molecule has 0 aliphatic rings. The van der Waals surface area contributed by atoms with Gasteiger partial charge < -0.3 is 9.73 Å². The molecule has 2 aromatic carbocycles. The largest absolute Gasteiger partial charge is 0.459 e. The fourth-order valence-corrected chi connectivity index (χ4v) is 2.98. The Morgan fingerprint density at radius 3 is 2.81 bits per heavy atom. The lowest BCUT2D eigenvalue weighted by Gasteiger charge is -2.11. The van der Waals surface area contributed by atoms with Crippen LogP contribution in [0.1, 0.15) is 25.1 Å². The number of para-hydroxylation sites is 1. The monoisotopic (exact) mass is 362 g/mol. The van der Waals surface area contributed by atoms with Crippen molar-refractivity contribution in [2.75, 3.05) is 0 Å². The second-order valence-electron chi connectivity index (χ2n) is 6.36. The number of carbonyl (C=O) groups excluding carboxylic acids is 1. The van der Waals surface area contributed by atoms with Gasteiger partial charge in [0.05, 0.1) is 18.0 Å². The fourth-order valence-electron chi connectivity index (χ4n) is 2.98. The Morgan fingerprint density at radius 2 is 1.96 bits per heavy atom. The van der Waals surface area contributed by atoms with Crippen molar-refractivity contribution in [1.82, 2.24) is 20.3 Å². The van der Waals surface area contributed by atoms with Crippen molar-refractivity contribution in [3.05, 3.63) is 70.7 Å². The molecule has 4 rings (SSSR count). The van der Waals surface area contributed by atoms with Crippen molar-refractivity contribution in [3.8, 4) is 0 Å². The summed E-state index contributed by atoms with van der Waals surface area (Å²) in [5, 5.41) is 12.3. The lowest BCUT2D eigenvalue weighted by atomic mass is 10.2. The third-order valence-electron chi connectivity index (χ3n) is 4.43. The van der Waals surface area contributed by atoms with Crippen LogP contribution in [0.4, 0.5) is 0 Å². The molecule has 27 heavy (non-hydrogen) atoms. The molecule has 0 saturated carbocycles. The highest BCUT2D eigenvalue weighted by Gasteiger charge is 2.15. The van der Waals surface area contributed by atoms with Gasteiger partial charge in [-0.15, -0.1) is 5.10 Å². The van der Waals surface area contributed by atoms with E-state index in [9.17, 15) is 9.59 Å². The first kappa shape index (κ1) is 17.0. The van der Waals surface area contributed by atoms with Gasteiger partial charge >= 0.3 is 0 Å². The number of furan rings is 1. The van der Waals surface area contributed by atoms with Gasteiger partial charge in [-0.2, -0.15) is 0 Å². The van der Waals surface area contributed by atoms with Gasteiger partial charge in [-0.1, -0.05) is 35.5 Å². The number of rotatable bonds is 5. The molecule has 1 atom stereocenters. The summed E-state index contributed by atoms with van der Waals surface area (Å²) in [7, 11) is 0. The molecule has 0 aliphatic heterocycles. The minimum atomic E-state index is -0.274. The van der Waals surface area contributed by atoms with Crippen LogP contribution >= 0.6 is 0 Å².